The van der Waals surface area contributed by atoms with E-state index >= 15 is 0 Å². The second-order valence-electron chi connectivity index (χ2n) is 2.95. The first-order valence-electron chi connectivity index (χ1n) is 4.18. The first-order chi connectivity index (χ1) is 6.36. The molecule has 0 spiro atoms. The summed E-state index contributed by atoms with van der Waals surface area (Å²) in [6.45, 7) is 8.55. The lowest BCUT2D eigenvalue weighted by atomic mass is 10.2. The standard InChI is InChI=1S/C5H10O2.C5H8O2.H2S/c2*1-4(2)5(6)7-3;/h4H,1-3H3;1H2,2-3H3;1H2. The van der Waals surface area contributed by atoms with Crippen molar-refractivity contribution in [3.05, 3.63) is 12.2 Å². The third-order valence-corrected chi connectivity index (χ3v) is 1.21. The van der Waals surface area contributed by atoms with Crippen molar-refractivity contribution < 1.29 is 19.1 Å². The summed E-state index contributed by atoms with van der Waals surface area (Å²) in [7, 11) is 2.72. The maximum atomic E-state index is 10.3. The van der Waals surface area contributed by atoms with E-state index in [0.717, 1.165) is 0 Å². The van der Waals surface area contributed by atoms with Crippen molar-refractivity contribution in [2.24, 2.45) is 5.92 Å². The molecule has 0 atom stereocenters. The van der Waals surface area contributed by atoms with E-state index in [2.05, 4.69) is 16.1 Å². The van der Waals surface area contributed by atoms with Gasteiger partial charge >= 0.3 is 11.9 Å². The number of esters is 2. The van der Waals surface area contributed by atoms with E-state index < -0.39 is 0 Å². The highest BCUT2D eigenvalue weighted by molar-refractivity contribution is 7.59. The lowest BCUT2D eigenvalue weighted by Gasteiger charge is -1.97. The summed E-state index contributed by atoms with van der Waals surface area (Å²) >= 11 is 0. The van der Waals surface area contributed by atoms with Crippen molar-refractivity contribution >= 4 is 25.4 Å². The molecule has 0 aliphatic rings. The van der Waals surface area contributed by atoms with E-state index in [1.165, 1.54) is 14.2 Å². The Labute approximate surface area is 98.1 Å². The van der Waals surface area contributed by atoms with Gasteiger partial charge in [0.05, 0.1) is 20.1 Å². The second kappa shape index (κ2) is 11.1. The van der Waals surface area contributed by atoms with Crippen molar-refractivity contribution in [3.8, 4) is 0 Å². The molecule has 0 fully saturated rings. The van der Waals surface area contributed by atoms with Crippen LogP contribution in [0, 0.1) is 5.92 Å². The molecule has 0 unspecified atom stereocenters. The molecule has 0 aromatic rings. The first kappa shape index (κ1) is 19.6. The molecule has 0 amide bonds. The van der Waals surface area contributed by atoms with Gasteiger partial charge in [-0.25, -0.2) is 4.79 Å². The van der Waals surface area contributed by atoms with Crippen LogP contribution in [-0.2, 0) is 19.1 Å². The van der Waals surface area contributed by atoms with E-state index in [4.69, 9.17) is 0 Å². The zero-order valence-electron chi connectivity index (χ0n) is 9.92. The Morgan fingerprint density at radius 1 is 1.13 bits per heavy atom. The number of hydrogen-bond donors (Lipinski definition) is 0. The number of methoxy groups -OCH3 is 2. The second-order valence-corrected chi connectivity index (χ2v) is 2.95. The van der Waals surface area contributed by atoms with Gasteiger partial charge in [0, 0.05) is 5.57 Å². The van der Waals surface area contributed by atoms with Crippen LogP contribution in [0.3, 0.4) is 0 Å². The van der Waals surface area contributed by atoms with E-state index in [1.807, 2.05) is 0 Å². The Morgan fingerprint density at radius 2 is 1.53 bits per heavy atom. The summed E-state index contributed by atoms with van der Waals surface area (Å²) in [6.07, 6.45) is 0. The topological polar surface area (TPSA) is 52.6 Å². The van der Waals surface area contributed by atoms with Crippen molar-refractivity contribution in [3.63, 3.8) is 0 Å². The van der Waals surface area contributed by atoms with Crippen LogP contribution in [-0.4, -0.2) is 26.2 Å². The largest absolute Gasteiger partial charge is 0.469 e. The number of hydrogen-bond acceptors (Lipinski definition) is 4. The van der Waals surface area contributed by atoms with Gasteiger partial charge in [-0.2, -0.15) is 13.5 Å². The van der Waals surface area contributed by atoms with Crippen LogP contribution >= 0.6 is 13.5 Å². The van der Waals surface area contributed by atoms with Gasteiger partial charge in [-0.1, -0.05) is 20.4 Å². The number of carbonyl (C=O) groups is 2. The quantitative estimate of drug-likeness (QED) is 0.540. The molecular weight excluding hydrogens is 216 g/mol. The van der Waals surface area contributed by atoms with Gasteiger partial charge in [-0.05, 0) is 6.92 Å². The van der Waals surface area contributed by atoms with Crippen LogP contribution in [0.4, 0.5) is 0 Å². The zero-order chi connectivity index (χ0) is 11.7. The molecular formula is C10H20O4S. The summed E-state index contributed by atoms with van der Waals surface area (Å²) in [6, 6.07) is 0. The minimum absolute atomic E-state index is 0. The van der Waals surface area contributed by atoms with Crippen LogP contribution in [0.2, 0.25) is 0 Å². The Hall–Kier alpha value is -0.970. The normalized spacial score (nSPS) is 7.87. The molecule has 0 heterocycles. The Bertz CT molecular complexity index is 211. The SMILES string of the molecule is C=C(C)C(=O)OC.COC(=O)C(C)C.S. The minimum Gasteiger partial charge on any atom is -0.469 e. The predicted octanol–water partition coefficient (Wildman–Crippen LogP) is 1.66. The Balaban J connectivity index is -0.000000180. The molecule has 5 heteroatoms. The predicted molar refractivity (Wildman–Crippen MR) is 64.1 cm³/mol. The molecule has 0 saturated carbocycles. The molecule has 0 aliphatic heterocycles. The fourth-order valence-corrected chi connectivity index (χ4v) is 0.410. The summed E-state index contributed by atoms with van der Waals surface area (Å²) in [5.41, 5.74) is 0.433. The highest BCUT2D eigenvalue weighted by atomic mass is 32.1. The molecule has 0 N–H and O–H groups in total. The maximum Gasteiger partial charge on any atom is 0.332 e. The Morgan fingerprint density at radius 3 is 1.53 bits per heavy atom. The Kier molecular flexibility index (Phi) is 14.5. The summed E-state index contributed by atoms with van der Waals surface area (Å²) in [5, 5.41) is 0. The van der Waals surface area contributed by atoms with E-state index in [0.29, 0.717) is 5.57 Å². The number of rotatable bonds is 2. The average Bonchev–Trinajstić information content (AvgIpc) is 2.15. The van der Waals surface area contributed by atoms with Crippen LogP contribution in [0.15, 0.2) is 12.2 Å². The van der Waals surface area contributed by atoms with Crippen molar-refractivity contribution in [1.82, 2.24) is 0 Å². The molecule has 90 valence electrons. The molecule has 0 saturated heterocycles. The van der Waals surface area contributed by atoms with Crippen LogP contribution < -0.4 is 0 Å². The van der Waals surface area contributed by atoms with E-state index in [-0.39, 0.29) is 31.4 Å². The van der Waals surface area contributed by atoms with Crippen molar-refractivity contribution in [1.29, 1.82) is 0 Å². The number of ether oxygens (including phenoxy) is 2. The minimum atomic E-state index is -0.347. The number of carbonyl (C=O) groups excluding carboxylic acids is 2. The fourth-order valence-electron chi connectivity index (χ4n) is 0.410. The summed E-state index contributed by atoms with van der Waals surface area (Å²) in [4.78, 5) is 20.5. The average molecular weight is 236 g/mol. The lowest BCUT2D eigenvalue weighted by molar-refractivity contribution is -0.144. The van der Waals surface area contributed by atoms with E-state index in [1.54, 1.807) is 20.8 Å². The van der Waals surface area contributed by atoms with Gasteiger partial charge in [0.2, 0.25) is 0 Å². The van der Waals surface area contributed by atoms with Gasteiger partial charge in [0.15, 0.2) is 0 Å². The maximum absolute atomic E-state index is 10.3. The smallest absolute Gasteiger partial charge is 0.332 e. The van der Waals surface area contributed by atoms with Crippen molar-refractivity contribution in [2.45, 2.75) is 20.8 Å². The van der Waals surface area contributed by atoms with Gasteiger partial charge < -0.3 is 9.47 Å². The lowest BCUT2D eigenvalue weighted by Crippen LogP contribution is -2.07. The molecule has 15 heavy (non-hydrogen) atoms. The highest BCUT2D eigenvalue weighted by Gasteiger charge is 2.03. The molecule has 0 rings (SSSR count). The van der Waals surface area contributed by atoms with Crippen molar-refractivity contribution in [2.75, 3.05) is 14.2 Å². The third-order valence-electron chi connectivity index (χ3n) is 1.21. The molecule has 0 bridgehead atoms. The van der Waals surface area contributed by atoms with Gasteiger partial charge in [-0.15, -0.1) is 0 Å². The molecule has 0 aromatic carbocycles. The zero-order valence-corrected chi connectivity index (χ0v) is 10.9. The summed E-state index contributed by atoms with van der Waals surface area (Å²) in [5.74, 6) is -0.495. The molecule has 0 aliphatic carbocycles. The van der Waals surface area contributed by atoms with Crippen LogP contribution in [0.25, 0.3) is 0 Å². The van der Waals surface area contributed by atoms with Gasteiger partial charge in [-0.3, -0.25) is 4.79 Å². The monoisotopic (exact) mass is 236 g/mol. The van der Waals surface area contributed by atoms with Crippen LogP contribution in [0.1, 0.15) is 20.8 Å². The molecule has 0 aromatic heterocycles. The third kappa shape index (κ3) is 13.0. The first-order valence-corrected chi connectivity index (χ1v) is 4.18. The molecule has 4 nitrogen and oxygen atoms in total. The highest BCUT2D eigenvalue weighted by Crippen LogP contribution is 1.91. The summed E-state index contributed by atoms with van der Waals surface area (Å²) < 4.78 is 8.65. The fraction of sp³-hybridized carbons (Fsp3) is 0.600. The van der Waals surface area contributed by atoms with Gasteiger partial charge in [0.25, 0.3) is 0 Å². The van der Waals surface area contributed by atoms with E-state index in [9.17, 15) is 9.59 Å². The van der Waals surface area contributed by atoms with Crippen LogP contribution in [0.5, 0.6) is 0 Å². The molecule has 0 radical (unpaired) electrons. The van der Waals surface area contributed by atoms with Gasteiger partial charge in [0.1, 0.15) is 0 Å².